The summed E-state index contributed by atoms with van der Waals surface area (Å²) in [5.41, 5.74) is 0.331. The summed E-state index contributed by atoms with van der Waals surface area (Å²) in [6.07, 6.45) is 1.17. The second-order valence-corrected chi connectivity index (χ2v) is 5.04. The lowest BCUT2D eigenvalue weighted by Crippen LogP contribution is -1.93. The summed E-state index contributed by atoms with van der Waals surface area (Å²) >= 11 is 5.78. The molecule has 0 spiro atoms. The third-order valence-corrected chi connectivity index (χ3v) is 3.25. The maximum absolute atomic E-state index is 10.8. The Kier molecular flexibility index (Phi) is 4.56. The first-order chi connectivity index (χ1) is 10.8. The summed E-state index contributed by atoms with van der Waals surface area (Å²) in [4.78, 5) is 24.3. The number of phenolic OH excluding ortho intramolecular Hbond substituents is 1. The van der Waals surface area contributed by atoms with Crippen LogP contribution in [-0.4, -0.2) is 21.2 Å². The normalized spacial score (nSPS) is 10.9. The van der Waals surface area contributed by atoms with Crippen molar-refractivity contribution in [3.63, 3.8) is 0 Å². The van der Waals surface area contributed by atoms with Gasteiger partial charge < -0.3 is 5.11 Å². The molecule has 0 aromatic heterocycles. The van der Waals surface area contributed by atoms with Crippen molar-refractivity contribution in [1.29, 1.82) is 0 Å². The Labute approximate surface area is 135 Å². The number of nitrogens with zero attached hydrogens (tertiary/aromatic N) is 3. The van der Waals surface area contributed by atoms with Gasteiger partial charge in [0.05, 0.1) is 15.5 Å². The minimum absolute atomic E-state index is 0.0371. The topological polar surface area (TPSA) is 119 Å². The minimum atomic E-state index is -0.767. The van der Waals surface area contributed by atoms with E-state index in [-0.39, 0.29) is 16.3 Å². The van der Waals surface area contributed by atoms with Crippen LogP contribution in [0.2, 0.25) is 5.02 Å². The van der Waals surface area contributed by atoms with Crippen LogP contribution in [0.3, 0.4) is 0 Å². The number of rotatable bonds is 4. The standard InChI is InChI=1S/C14H10ClN3O5/c1-8-2-3-11(17(20)21)6-12(8)16-7-9-4-10(15)5-13(14(9)19)18(22)23/h2-7,19H,1H3. The Morgan fingerprint density at radius 2 is 1.87 bits per heavy atom. The predicted molar refractivity (Wildman–Crippen MR) is 84.9 cm³/mol. The van der Waals surface area contributed by atoms with Crippen LogP contribution >= 0.6 is 11.6 Å². The van der Waals surface area contributed by atoms with Gasteiger partial charge >= 0.3 is 5.69 Å². The fourth-order valence-corrected chi connectivity index (χ4v) is 2.05. The van der Waals surface area contributed by atoms with Crippen LogP contribution in [0.1, 0.15) is 11.1 Å². The summed E-state index contributed by atoms with van der Waals surface area (Å²) in [5, 5.41) is 31.6. The highest BCUT2D eigenvalue weighted by molar-refractivity contribution is 6.31. The first-order valence-electron chi connectivity index (χ1n) is 6.25. The maximum atomic E-state index is 10.8. The number of nitro benzene ring substituents is 2. The fourth-order valence-electron chi connectivity index (χ4n) is 1.83. The van der Waals surface area contributed by atoms with E-state index in [0.29, 0.717) is 11.3 Å². The molecule has 0 aliphatic carbocycles. The van der Waals surface area contributed by atoms with Gasteiger partial charge in [-0.2, -0.15) is 0 Å². The molecule has 0 bridgehead atoms. The molecule has 8 nitrogen and oxygen atoms in total. The van der Waals surface area contributed by atoms with Gasteiger partial charge in [-0.05, 0) is 18.6 Å². The van der Waals surface area contributed by atoms with Crippen molar-refractivity contribution in [3.05, 3.63) is 66.7 Å². The van der Waals surface area contributed by atoms with Crippen molar-refractivity contribution in [3.8, 4) is 5.75 Å². The quantitative estimate of drug-likeness (QED) is 0.516. The van der Waals surface area contributed by atoms with Crippen LogP contribution in [0, 0.1) is 27.2 Å². The molecule has 0 saturated carbocycles. The molecule has 9 heteroatoms. The number of aryl methyl sites for hydroxylation is 1. The summed E-state index contributed by atoms with van der Waals surface area (Å²) in [6, 6.07) is 6.47. The van der Waals surface area contributed by atoms with Crippen LogP contribution in [-0.2, 0) is 0 Å². The Bertz CT molecular complexity index is 835. The molecule has 0 unspecified atom stereocenters. The third-order valence-electron chi connectivity index (χ3n) is 3.03. The van der Waals surface area contributed by atoms with Crippen molar-refractivity contribution < 1.29 is 15.0 Å². The van der Waals surface area contributed by atoms with Crippen molar-refractivity contribution in [1.82, 2.24) is 0 Å². The molecule has 0 heterocycles. The number of nitro groups is 2. The summed E-state index contributed by atoms with van der Waals surface area (Å²) in [7, 11) is 0. The van der Waals surface area contributed by atoms with Gasteiger partial charge in [0, 0.05) is 35.0 Å². The van der Waals surface area contributed by atoms with Gasteiger partial charge in [0.1, 0.15) is 0 Å². The molecule has 2 rings (SSSR count). The van der Waals surface area contributed by atoms with E-state index >= 15 is 0 Å². The van der Waals surface area contributed by atoms with E-state index < -0.39 is 21.3 Å². The minimum Gasteiger partial charge on any atom is -0.502 e. The second kappa shape index (κ2) is 6.41. The molecule has 23 heavy (non-hydrogen) atoms. The van der Waals surface area contributed by atoms with E-state index in [4.69, 9.17) is 11.6 Å². The van der Waals surface area contributed by atoms with Gasteiger partial charge in [-0.15, -0.1) is 0 Å². The Morgan fingerprint density at radius 3 is 2.48 bits per heavy atom. The van der Waals surface area contributed by atoms with Gasteiger partial charge in [0.2, 0.25) is 5.75 Å². The number of benzene rings is 2. The van der Waals surface area contributed by atoms with Crippen LogP contribution in [0.5, 0.6) is 5.75 Å². The smallest absolute Gasteiger partial charge is 0.312 e. The average molecular weight is 336 g/mol. The van der Waals surface area contributed by atoms with Crippen molar-refractivity contribution in [2.75, 3.05) is 0 Å². The molecule has 0 fully saturated rings. The molecule has 0 atom stereocenters. The lowest BCUT2D eigenvalue weighted by atomic mass is 10.1. The molecule has 2 aromatic rings. The molecule has 0 aliphatic rings. The summed E-state index contributed by atoms with van der Waals surface area (Å²) in [5.74, 6) is -0.578. The second-order valence-electron chi connectivity index (χ2n) is 4.61. The molecule has 2 aromatic carbocycles. The van der Waals surface area contributed by atoms with E-state index in [1.165, 1.54) is 30.5 Å². The molecule has 0 radical (unpaired) electrons. The highest BCUT2D eigenvalue weighted by Crippen LogP contribution is 2.33. The van der Waals surface area contributed by atoms with Crippen molar-refractivity contribution >= 4 is 34.9 Å². The highest BCUT2D eigenvalue weighted by atomic mass is 35.5. The number of halogens is 1. The molecule has 0 saturated heterocycles. The number of aromatic hydroxyl groups is 1. The van der Waals surface area contributed by atoms with E-state index in [1.807, 2.05) is 0 Å². The Morgan fingerprint density at radius 1 is 1.17 bits per heavy atom. The third kappa shape index (κ3) is 3.61. The number of hydrogen-bond donors (Lipinski definition) is 1. The zero-order valence-electron chi connectivity index (χ0n) is 11.8. The van der Waals surface area contributed by atoms with Crippen LogP contribution in [0.25, 0.3) is 0 Å². The Balaban J connectivity index is 2.47. The SMILES string of the molecule is Cc1ccc([N+](=O)[O-])cc1N=Cc1cc(Cl)cc([N+](=O)[O-])c1O. The number of non-ortho nitro benzene ring substituents is 1. The number of phenols is 1. The lowest BCUT2D eigenvalue weighted by molar-refractivity contribution is -0.385. The summed E-state index contributed by atoms with van der Waals surface area (Å²) < 4.78 is 0. The lowest BCUT2D eigenvalue weighted by Gasteiger charge is -2.03. The molecule has 0 amide bonds. The molecule has 1 N–H and O–H groups in total. The molecular formula is C14H10ClN3O5. The molecule has 118 valence electrons. The number of aliphatic imine (C=N–C) groups is 1. The van der Waals surface area contributed by atoms with Crippen LogP contribution < -0.4 is 0 Å². The van der Waals surface area contributed by atoms with E-state index in [0.717, 1.165) is 6.07 Å². The van der Waals surface area contributed by atoms with Gasteiger partial charge in [0.15, 0.2) is 0 Å². The van der Waals surface area contributed by atoms with Crippen LogP contribution in [0.15, 0.2) is 35.3 Å². The van der Waals surface area contributed by atoms with Gasteiger partial charge in [-0.1, -0.05) is 17.7 Å². The van der Waals surface area contributed by atoms with Gasteiger partial charge in [-0.25, -0.2) is 0 Å². The van der Waals surface area contributed by atoms with Crippen molar-refractivity contribution in [2.24, 2.45) is 4.99 Å². The predicted octanol–water partition coefficient (Wildman–Crippen LogP) is 3.92. The average Bonchev–Trinajstić information content (AvgIpc) is 2.48. The Hall–Kier alpha value is -3.00. The van der Waals surface area contributed by atoms with E-state index in [9.17, 15) is 25.3 Å². The highest BCUT2D eigenvalue weighted by Gasteiger charge is 2.18. The van der Waals surface area contributed by atoms with Crippen molar-refractivity contribution in [2.45, 2.75) is 6.92 Å². The first-order valence-corrected chi connectivity index (χ1v) is 6.63. The van der Waals surface area contributed by atoms with Crippen LogP contribution in [0.4, 0.5) is 17.1 Å². The fraction of sp³-hybridized carbons (Fsp3) is 0.0714. The van der Waals surface area contributed by atoms with Gasteiger partial charge in [0.25, 0.3) is 5.69 Å². The van der Waals surface area contributed by atoms with E-state index in [1.54, 1.807) is 6.92 Å². The molecular weight excluding hydrogens is 326 g/mol. The number of hydrogen-bond acceptors (Lipinski definition) is 6. The maximum Gasteiger partial charge on any atom is 0.312 e. The van der Waals surface area contributed by atoms with Gasteiger partial charge in [-0.3, -0.25) is 25.2 Å². The first kappa shape index (κ1) is 16.4. The summed E-state index contributed by atoms with van der Waals surface area (Å²) in [6.45, 7) is 1.71. The van der Waals surface area contributed by atoms with E-state index in [2.05, 4.69) is 4.99 Å². The zero-order valence-corrected chi connectivity index (χ0v) is 12.5. The molecule has 0 aliphatic heterocycles. The monoisotopic (exact) mass is 335 g/mol. The largest absolute Gasteiger partial charge is 0.502 e. The zero-order chi connectivity index (χ0) is 17.1.